The van der Waals surface area contributed by atoms with Gasteiger partial charge in [0.05, 0.1) is 5.69 Å². The van der Waals surface area contributed by atoms with Crippen LogP contribution in [0.2, 0.25) is 5.02 Å². The molecule has 0 unspecified atom stereocenters. The van der Waals surface area contributed by atoms with Crippen molar-refractivity contribution in [2.24, 2.45) is 0 Å². The number of para-hydroxylation sites is 1. The van der Waals surface area contributed by atoms with Crippen molar-refractivity contribution in [2.75, 3.05) is 36.0 Å². The Morgan fingerprint density at radius 2 is 1.57 bits per heavy atom. The number of rotatable bonds is 3. The molecule has 2 aromatic carbocycles. The lowest BCUT2D eigenvalue weighted by Crippen LogP contribution is -2.47. The normalized spacial score (nSPS) is 14.5. The van der Waals surface area contributed by atoms with Crippen molar-refractivity contribution >= 4 is 28.8 Å². The van der Waals surface area contributed by atoms with E-state index in [4.69, 9.17) is 21.7 Å². The zero-order valence-corrected chi connectivity index (χ0v) is 18.0. The first kappa shape index (κ1) is 18.9. The zero-order chi connectivity index (χ0) is 20.7. The van der Waals surface area contributed by atoms with E-state index in [-0.39, 0.29) is 0 Å². The van der Waals surface area contributed by atoms with Gasteiger partial charge in [0.2, 0.25) is 0 Å². The van der Waals surface area contributed by atoms with E-state index >= 15 is 0 Å². The summed E-state index contributed by atoms with van der Waals surface area (Å²) in [6, 6.07) is 20.6. The molecule has 1 aliphatic heterocycles. The average Bonchev–Trinajstić information content (AvgIpc) is 3.10. The second kappa shape index (κ2) is 7.65. The molecule has 1 fully saturated rings. The molecule has 3 heterocycles. The van der Waals surface area contributed by atoms with Gasteiger partial charge in [0.15, 0.2) is 5.65 Å². The van der Waals surface area contributed by atoms with E-state index in [1.165, 1.54) is 5.69 Å². The highest BCUT2D eigenvalue weighted by Crippen LogP contribution is 2.30. The van der Waals surface area contributed by atoms with Crippen LogP contribution < -0.4 is 9.80 Å². The SMILES string of the molecule is Cc1cc(N2CCN(c3ccccc3)CC2)n2nc(-c3cccc(Cl)c3)c(C)c2n1. The van der Waals surface area contributed by atoms with Gasteiger partial charge >= 0.3 is 0 Å². The van der Waals surface area contributed by atoms with E-state index < -0.39 is 0 Å². The molecule has 0 amide bonds. The molecule has 0 bridgehead atoms. The predicted molar refractivity (Wildman–Crippen MR) is 124 cm³/mol. The number of aryl methyl sites for hydroxylation is 2. The van der Waals surface area contributed by atoms with Crippen molar-refractivity contribution in [3.63, 3.8) is 0 Å². The summed E-state index contributed by atoms with van der Waals surface area (Å²) in [5.74, 6) is 1.10. The third kappa shape index (κ3) is 3.39. The van der Waals surface area contributed by atoms with E-state index in [0.717, 1.165) is 60.2 Å². The van der Waals surface area contributed by atoms with Crippen LogP contribution in [-0.2, 0) is 0 Å². The molecule has 0 atom stereocenters. The maximum absolute atomic E-state index is 6.23. The predicted octanol–water partition coefficient (Wildman–Crippen LogP) is 4.99. The molecule has 6 heteroatoms. The molecule has 0 aliphatic carbocycles. The average molecular weight is 418 g/mol. The maximum atomic E-state index is 6.23. The van der Waals surface area contributed by atoms with Crippen LogP contribution in [0, 0.1) is 13.8 Å². The number of hydrogen-bond acceptors (Lipinski definition) is 4. The van der Waals surface area contributed by atoms with Gasteiger partial charge in [0.25, 0.3) is 0 Å². The summed E-state index contributed by atoms with van der Waals surface area (Å²) in [7, 11) is 0. The third-order valence-electron chi connectivity index (χ3n) is 5.75. The Hall–Kier alpha value is -3.05. The first-order valence-corrected chi connectivity index (χ1v) is 10.7. The quantitative estimate of drug-likeness (QED) is 0.470. The van der Waals surface area contributed by atoms with Gasteiger partial charge in [-0.1, -0.05) is 41.9 Å². The molecule has 0 spiro atoms. The van der Waals surface area contributed by atoms with Crippen LogP contribution in [0.3, 0.4) is 0 Å². The fourth-order valence-corrected chi connectivity index (χ4v) is 4.38. The Bertz CT molecular complexity index is 1190. The minimum Gasteiger partial charge on any atom is -0.368 e. The summed E-state index contributed by atoms with van der Waals surface area (Å²) in [4.78, 5) is 9.64. The molecule has 0 saturated carbocycles. The summed E-state index contributed by atoms with van der Waals surface area (Å²) in [6.07, 6.45) is 0. The number of piperazine rings is 1. The summed E-state index contributed by atoms with van der Waals surface area (Å²) < 4.78 is 2.00. The molecule has 2 aromatic heterocycles. The monoisotopic (exact) mass is 417 g/mol. The minimum absolute atomic E-state index is 0.713. The van der Waals surface area contributed by atoms with Crippen molar-refractivity contribution in [2.45, 2.75) is 13.8 Å². The Kier molecular flexibility index (Phi) is 4.83. The van der Waals surface area contributed by atoms with Crippen LogP contribution in [0.4, 0.5) is 11.5 Å². The van der Waals surface area contributed by atoms with Crippen molar-refractivity contribution in [1.82, 2.24) is 14.6 Å². The van der Waals surface area contributed by atoms with E-state index in [9.17, 15) is 0 Å². The lowest BCUT2D eigenvalue weighted by Gasteiger charge is -2.37. The number of aromatic nitrogens is 3. The Balaban J connectivity index is 1.50. The van der Waals surface area contributed by atoms with Crippen LogP contribution in [0.1, 0.15) is 11.3 Å². The highest BCUT2D eigenvalue weighted by Gasteiger charge is 2.22. The summed E-state index contributed by atoms with van der Waals surface area (Å²) in [5, 5.41) is 5.67. The summed E-state index contributed by atoms with van der Waals surface area (Å²) in [6.45, 7) is 7.98. The molecule has 30 heavy (non-hydrogen) atoms. The van der Waals surface area contributed by atoms with Crippen LogP contribution in [0.5, 0.6) is 0 Å². The topological polar surface area (TPSA) is 36.7 Å². The van der Waals surface area contributed by atoms with Crippen LogP contribution >= 0.6 is 11.6 Å². The molecule has 1 aliphatic rings. The number of nitrogens with zero attached hydrogens (tertiary/aromatic N) is 5. The lowest BCUT2D eigenvalue weighted by atomic mass is 10.1. The second-order valence-corrected chi connectivity index (χ2v) is 8.22. The molecular weight excluding hydrogens is 394 g/mol. The molecule has 152 valence electrons. The Labute approximate surface area is 181 Å². The van der Waals surface area contributed by atoms with Crippen LogP contribution in [0.25, 0.3) is 16.9 Å². The van der Waals surface area contributed by atoms with E-state index in [0.29, 0.717) is 5.02 Å². The second-order valence-electron chi connectivity index (χ2n) is 7.78. The number of hydrogen-bond donors (Lipinski definition) is 0. The van der Waals surface area contributed by atoms with E-state index in [1.807, 2.05) is 28.8 Å². The summed E-state index contributed by atoms with van der Waals surface area (Å²) >= 11 is 6.23. The van der Waals surface area contributed by atoms with Crippen molar-refractivity contribution in [3.05, 3.63) is 76.9 Å². The fourth-order valence-electron chi connectivity index (χ4n) is 4.19. The van der Waals surface area contributed by atoms with Gasteiger partial charge in [-0.15, -0.1) is 0 Å². The third-order valence-corrected chi connectivity index (χ3v) is 5.99. The number of anilines is 2. The van der Waals surface area contributed by atoms with Gasteiger partial charge in [0.1, 0.15) is 5.82 Å². The highest BCUT2D eigenvalue weighted by atomic mass is 35.5. The van der Waals surface area contributed by atoms with Gasteiger partial charge in [-0.2, -0.15) is 9.61 Å². The van der Waals surface area contributed by atoms with E-state index in [1.54, 1.807) is 0 Å². The van der Waals surface area contributed by atoms with Crippen molar-refractivity contribution < 1.29 is 0 Å². The van der Waals surface area contributed by atoms with Crippen molar-refractivity contribution in [3.8, 4) is 11.3 Å². The molecule has 5 rings (SSSR count). The standard InChI is InChI=1S/C24H24ClN5/c1-17-15-22(29-13-11-28(12-14-29)21-9-4-3-5-10-21)30-24(26-17)18(2)23(27-30)19-7-6-8-20(25)16-19/h3-10,15-16H,11-14H2,1-2H3. The molecule has 4 aromatic rings. The lowest BCUT2D eigenvalue weighted by molar-refractivity contribution is 0.638. The number of halogens is 1. The highest BCUT2D eigenvalue weighted by molar-refractivity contribution is 6.30. The Morgan fingerprint density at radius 1 is 0.833 bits per heavy atom. The molecule has 1 saturated heterocycles. The number of benzene rings is 2. The van der Waals surface area contributed by atoms with Crippen LogP contribution in [0.15, 0.2) is 60.7 Å². The van der Waals surface area contributed by atoms with Gasteiger partial charge in [-0.05, 0) is 38.1 Å². The van der Waals surface area contributed by atoms with Gasteiger partial charge in [-0.25, -0.2) is 4.98 Å². The zero-order valence-electron chi connectivity index (χ0n) is 17.2. The first-order valence-electron chi connectivity index (χ1n) is 10.3. The van der Waals surface area contributed by atoms with Gasteiger partial charge in [0, 0.05) is 59.8 Å². The molecule has 0 N–H and O–H groups in total. The smallest absolute Gasteiger partial charge is 0.161 e. The van der Waals surface area contributed by atoms with Gasteiger partial charge in [-0.3, -0.25) is 0 Å². The van der Waals surface area contributed by atoms with Crippen LogP contribution in [-0.4, -0.2) is 40.8 Å². The van der Waals surface area contributed by atoms with E-state index in [2.05, 4.69) is 60.0 Å². The number of fused-ring (bicyclic) bond motifs is 1. The fraction of sp³-hybridized carbons (Fsp3) is 0.250. The molecule has 0 radical (unpaired) electrons. The minimum atomic E-state index is 0.713. The maximum Gasteiger partial charge on any atom is 0.161 e. The van der Waals surface area contributed by atoms with Crippen molar-refractivity contribution in [1.29, 1.82) is 0 Å². The molecular formula is C24H24ClN5. The van der Waals surface area contributed by atoms with Gasteiger partial charge < -0.3 is 9.80 Å². The molecule has 5 nitrogen and oxygen atoms in total. The summed E-state index contributed by atoms with van der Waals surface area (Å²) in [5.41, 5.74) is 6.22. The largest absolute Gasteiger partial charge is 0.368 e. The first-order chi connectivity index (χ1) is 14.6. The Morgan fingerprint density at radius 3 is 2.30 bits per heavy atom.